The topological polar surface area (TPSA) is 124 Å². The number of sulfone groups is 1. The number of carboxylic acid groups (broad SMARTS) is 1. The van der Waals surface area contributed by atoms with Crippen LogP contribution in [0, 0.1) is 0 Å². The van der Waals surface area contributed by atoms with Crippen molar-refractivity contribution in [2.45, 2.75) is 31.3 Å². The molecule has 0 spiro atoms. The molecule has 1 unspecified atom stereocenters. The van der Waals surface area contributed by atoms with Crippen molar-refractivity contribution in [1.82, 2.24) is 10.2 Å². The number of aliphatic hydroxyl groups excluding tert-OH is 1. The van der Waals surface area contributed by atoms with Crippen LogP contribution < -0.4 is 5.32 Å². The Bertz CT molecular complexity index is 460. The van der Waals surface area contributed by atoms with E-state index in [0.29, 0.717) is 0 Å². The van der Waals surface area contributed by atoms with Gasteiger partial charge in [-0.3, -0.25) is 0 Å². The van der Waals surface area contributed by atoms with Crippen molar-refractivity contribution in [3.05, 3.63) is 0 Å². The predicted molar refractivity (Wildman–Crippen MR) is 71.1 cm³/mol. The van der Waals surface area contributed by atoms with Crippen LogP contribution in [-0.4, -0.2) is 72.8 Å². The molecular weight excluding hydrogens is 288 g/mol. The van der Waals surface area contributed by atoms with E-state index in [0.717, 1.165) is 19.1 Å². The summed E-state index contributed by atoms with van der Waals surface area (Å²) in [6.45, 7) is -0.0695. The minimum absolute atomic E-state index is 0.0338. The molecular formula is C11H20N2O6S. The first-order valence-corrected chi connectivity index (χ1v) is 8.39. The van der Waals surface area contributed by atoms with Crippen LogP contribution in [0.1, 0.15) is 19.3 Å². The molecule has 1 rings (SSSR count). The molecule has 1 atom stereocenters. The van der Waals surface area contributed by atoms with Crippen LogP contribution in [0.25, 0.3) is 0 Å². The van der Waals surface area contributed by atoms with Gasteiger partial charge in [0.15, 0.2) is 0 Å². The van der Waals surface area contributed by atoms with Crippen LogP contribution in [0.3, 0.4) is 0 Å². The maximum Gasteiger partial charge on any atom is 0.326 e. The van der Waals surface area contributed by atoms with E-state index in [1.54, 1.807) is 0 Å². The number of urea groups is 1. The van der Waals surface area contributed by atoms with Gasteiger partial charge in [-0.25, -0.2) is 18.0 Å². The number of nitrogens with one attached hydrogen (secondary N) is 1. The zero-order valence-corrected chi connectivity index (χ0v) is 12.1. The Morgan fingerprint density at radius 1 is 1.40 bits per heavy atom. The van der Waals surface area contributed by atoms with Crippen LogP contribution in [0.5, 0.6) is 0 Å². The molecule has 20 heavy (non-hydrogen) atoms. The van der Waals surface area contributed by atoms with Crippen LogP contribution in [-0.2, 0) is 14.6 Å². The van der Waals surface area contributed by atoms with Gasteiger partial charge in [-0.2, -0.15) is 0 Å². The molecule has 3 N–H and O–H groups in total. The minimum atomic E-state index is -3.29. The molecule has 116 valence electrons. The summed E-state index contributed by atoms with van der Waals surface area (Å²) >= 11 is 0. The number of rotatable bonds is 8. The second-order valence-corrected chi connectivity index (χ2v) is 7.17. The molecule has 0 radical (unpaired) electrons. The highest BCUT2D eigenvalue weighted by molar-refractivity contribution is 7.90. The van der Waals surface area contributed by atoms with E-state index in [1.165, 1.54) is 4.90 Å². The summed E-state index contributed by atoms with van der Waals surface area (Å²) in [6, 6.07) is -1.80. The number of amides is 2. The van der Waals surface area contributed by atoms with E-state index in [1.807, 2.05) is 0 Å². The molecule has 9 heteroatoms. The lowest BCUT2D eigenvalue weighted by Crippen LogP contribution is -2.50. The summed E-state index contributed by atoms with van der Waals surface area (Å²) in [6.07, 6.45) is 2.48. The molecule has 0 aromatic heterocycles. The number of hydrogen-bond donors (Lipinski definition) is 3. The van der Waals surface area contributed by atoms with Gasteiger partial charge in [0.1, 0.15) is 15.9 Å². The Hall–Kier alpha value is -1.35. The Morgan fingerprint density at radius 3 is 2.40 bits per heavy atom. The van der Waals surface area contributed by atoms with E-state index in [4.69, 9.17) is 10.2 Å². The predicted octanol–water partition coefficient (Wildman–Crippen LogP) is -0.959. The number of carbonyl (C=O) groups is 2. The lowest BCUT2D eigenvalue weighted by atomic mass is 10.2. The minimum Gasteiger partial charge on any atom is -0.480 e. The van der Waals surface area contributed by atoms with Gasteiger partial charge in [-0.1, -0.05) is 0 Å². The van der Waals surface area contributed by atoms with Gasteiger partial charge in [0.25, 0.3) is 0 Å². The van der Waals surface area contributed by atoms with Crippen LogP contribution in [0.4, 0.5) is 4.79 Å². The first-order valence-electron chi connectivity index (χ1n) is 6.33. The van der Waals surface area contributed by atoms with E-state index >= 15 is 0 Å². The van der Waals surface area contributed by atoms with Gasteiger partial charge in [0.05, 0.1) is 12.4 Å². The van der Waals surface area contributed by atoms with Crippen molar-refractivity contribution < 1.29 is 28.2 Å². The highest BCUT2D eigenvalue weighted by Crippen LogP contribution is 2.26. The molecule has 1 aliphatic carbocycles. The number of carboxylic acids is 1. The molecule has 0 saturated heterocycles. The molecule has 0 aromatic rings. The lowest BCUT2D eigenvalue weighted by molar-refractivity contribution is -0.139. The number of aliphatic hydroxyl groups is 1. The Morgan fingerprint density at radius 2 is 2.00 bits per heavy atom. The average Bonchev–Trinajstić information content (AvgIpc) is 3.13. The third-order valence-electron chi connectivity index (χ3n) is 2.96. The van der Waals surface area contributed by atoms with Crippen molar-refractivity contribution in [2.75, 3.05) is 25.2 Å². The SMILES string of the molecule is CS(=O)(=O)CCC(NC(=O)N(CCO)C1CC1)C(=O)O. The van der Waals surface area contributed by atoms with Gasteiger partial charge in [-0.15, -0.1) is 0 Å². The molecule has 8 nitrogen and oxygen atoms in total. The molecule has 0 aliphatic heterocycles. The second-order valence-electron chi connectivity index (χ2n) is 4.91. The quantitative estimate of drug-likeness (QED) is 0.530. The number of carbonyl (C=O) groups excluding carboxylic acids is 1. The fraction of sp³-hybridized carbons (Fsp3) is 0.818. The van der Waals surface area contributed by atoms with Gasteiger partial charge in [-0.05, 0) is 19.3 Å². The van der Waals surface area contributed by atoms with Gasteiger partial charge >= 0.3 is 12.0 Å². The Balaban J connectivity index is 2.59. The smallest absolute Gasteiger partial charge is 0.326 e. The largest absolute Gasteiger partial charge is 0.480 e. The molecule has 0 bridgehead atoms. The van der Waals surface area contributed by atoms with Gasteiger partial charge in [0.2, 0.25) is 0 Å². The molecule has 0 aromatic carbocycles. The summed E-state index contributed by atoms with van der Waals surface area (Å²) in [7, 11) is -3.29. The Kier molecular flexibility index (Phi) is 5.75. The monoisotopic (exact) mass is 308 g/mol. The highest BCUT2D eigenvalue weighted by Gasteiger charge is 2.34. The molecule has 1 fully saturated rings. The summed E-state index contributed by atoms with van der Waals surface area (Å²) in [5.41, 5.74) is 0. The van der Waals surface area contributed by atoms with E-state index in [-0.39, 0.29) is 31.4 Å². The molecule has 0 heterocycles. The van der Waals surface area contributed by atoms with Crippen molar-refractivity contribution in [2.24, 2.45) is 0 Å². The van der Waals surface area contributed by atoms with Crippen LogP contribution in [0.15, 0.2) is 0 Å². The van der Waals surface area contributed by atoms with Crippen molar-refractivity contribution in [1.29, 1.82) is 0 Å². The zero-order valence-electron chi connectivity index (χ0n) is 11.3. The highest BCUT2D eigenvalue weighted by atomic mass is 32.2. The third kappa shape index (κ3) is 5.74. The van der Waals surface area contributed by atoms with E-state index in [9.17, 15) is 18.0 Å². The van der Waals surface area contributed by atoms with E-state index < -0.39 is 27.9 Å². The summed E-state index contributed by atoms with van der Waals surface area (Å²) in [5, 5.41) is 20.2. The molecule has 1 aliphatic rings. The first kappa shape index (κ1) is 16.7. The maximum absolute atomic E-state index is 11.9. The van der Waals surface area contributed by atoms with Gasteiger partial charge < -0.3 is 20.4 Å². The summed E-state index contributed by atoms with van der Waals surface area (Å²) in [4.78, 5) is 24.4. The fourth-order valence-corrected chi connectivity index (χ4v) is 2.43. The normalized spacial score (nSPS) is 16.5. The summed E-state index contributed by atoms with van der Waals surface area (Å²) in [5.74, 6) is -1.59. The number of hydrogen-bond acceptors (Lipinski definition) is 5. The first-order chi connectivity index (χ1) is 9.24. The maximum atomic E-state index is 11.9. The van der Waals surface area contributed by atoms with Crippen molar-refractivity contribution in [3.8, 4) is 0 Å². The second kappa shape index (κ2) is 6.89. The molecule has 1 saturated carbocycles. The van der Waals surface area contributed by atoms with Crippen LogP contribution >= 0.6 is 0 Å². The van der Waals surface area contributed by atoms with Gasteiger partial charge in [0, 0.05) is 18.8 Å². The Labute approximate surface area is 117 Å². The molecule has 2 amide bonds. The van der Waals surface area contributed by atoms with Crippen LogP contribution in [0.2, 0.25) is 0 Å². The van der Waals surface area contributed by atoms with Crippen molar-refractivity contribution >= 4 is 21.8 Å². The lowest BCUT2D eigenvalue weighted by Gasteiger charge is -2.24. The fourth-order valence-electron chi connectivity index (χ4n) is 1.77. The number of aliphatic carboxylic acids is 1. The standard InChI is InChI=1S/C11H20N2O6S/c1-20(18,19)7-4-9(10(15)16)12-11(17)13(5-6-14)8-2-3-8/h8-9,14H,2-7H2,1H3,(H,12,17)(H,15,16). The zero-order chi connectivity index (χ0) is 15.3. The average molecular weight is 308 g/mol. The summed E-state index contributed by atoms with van der Waals surface area (Å²) < 4.78 is 22.1. The van der Waals surface area contributed by atoms with E-state index in [2.05, 4.69) is 5.32 Å². The van der Waals surface area contributed by atoms with Crippen molar-refractivity contribution in [3.63, 3.8) is 0 Å². The number of nitrogens with zero attached hydrogens (tertiary/aromatic N) is 1. The third-order valence-corrected chi connectivity index (χ3v) is 3.94.